The third-order valence-corrected chi connectivity index (χ3v) is 3.83. The molecule has 0 saturated carbocycles. The maximum atomic E-state index is 5.39. The molecule has 0 saturated heterocycles. The number of hydrogen-bond donors (Lipinski definition) is 0. The van der Waals surface area contributed by atoms with Crippen LogP contribution in [0.2, 0.25) is 0 Å². The molecule has 1 aliphatic carbocycles. The first-order valence-electron chi connectivity index (χ1n) is 7.24. The normalized spacial score (nSPS) is 14.1. The Bertz CT molecular complexity index is 746. The Labute approximate surface area is 122 Å². The molecule has 0 amide bonds. The third kappa shape index (κ3) is 2.35. The first-order valence-corrected chi connectivity index (χ1v) is 7.24. The molecule has 21 heavy (non-hydrogen) atoms. The summed E-state index contributed by atoms with van der Waals surface area (Å²) in [5, 5.41) is 8.17. The molecule has 0 fully saturated rings. The van der Waals surface area contributed by atoms with Gasteiger partial charge in [-0.25, -0.2) is 0 Å². The van der Waals surface area contributed by atoms with Crippen LogP contribution >= 0.6 is 0 Å². The number of rotatable bonds is 3. The molecule has 0 bridgehead atoms. The van der Waals surface area contributed by atoms with E-state index >= 15 is 0 Å². The van der Waals surface area contributed by atoms with Crippen LogP contribution in [-0.2, 0) is 19.3 Å². The molecule has 3 aromatic rings. The van der Waals surface area contributed by atoms with Crippen molar-refractivity contribution in [2.75, 3.05) is 0 Å². The van der Waals surface area contributed by atoms with Gasteiger partial charge in [-0.1, -0.05) is 40.6 Å². The van der Waals surface area contributed by atoms with Gasteiger partial charge in [-0.05, 0) is 24.8 Å². The smallest absolute Gasteiger partial charge is 0.280 e. The van der Waals surface area contributed by atoms with Gasteiger partial charge < -0.3 is 9.05 Å². The van der Waals surface area contributed by atoms with Gasteiger partial charge in [0.15, 0.2) is 11.5 Å². The monoisotopic (exact) mass is 281 g/mol. The number of fused-ring (bicyclic) bond motifs is 1. The highest BCUT2D eigenvalue weighted by Gasteiger charge is 2.24. The van der Waals surface area contributed by atoms with Gasteiger partial charge in [0.2, 0.25) is 0 Å². The second kappa shape index (κ2) is 5.16. The number of aromatic nitrogens is 3. The number of hydrogen-bond acceptors (Lipinski definition) is 5. The first kappa shape index (κ1) is 12.3. The van der Waals surface area contributed by atoms with Crippen molar-refractivity contribution in [1.29, 1.82) is 0 Å². The van der Waals surface area contributed by atoms with Gasteiger partial charge in [0.25, 0.3) is 5.89 Å². The summed E-state index contributed by atoms with van der Waals surface area (Å²) in [6.07, 6.45) is 4.90. The predicted molar refractivity (Wildman–Crippen MR) is 75.7 cm³/mol. The fourth-order valence-electron chi connectivity index (χ4n) is 2.75. The van der Waals surface area contributed by atoms with Crippen LogP contribution in [0.3, 0.4) is 0 Å². The van der Waals surface area contributed by atoms with Crippen LogP contribution in [0.5, 0.6) is 0 Å². The summed E-state index contributed by atoms with van der Waals surface area (Å²) in [4.78, 5) is 4.46. The highest BCUT2D eigenvalue weighted by atomic mass is 16.5. The second-order valence-electron chi connectivity index (χ2n) is 5.32. The van der Waals surface area contributed by atoms with Gasteiger partial charge in [0.05, 0.1) is 0 Å². The molecule has 0 spiro atoms. The van der Waals surface area contributed by atoms with Crippen molar-refractivity contribution >= 4 is 0 Å². The summed E-state index contributed by atoms with van der Waals surface area (Å²) in [5.74, 6) is 2.11. The van der Waals surface area contributed by atoms with Crippen LogP contribution in [0.1, 0.15) is 35.6 Å². The lowest BCUT2D eigenvalue weighted by Gasteiger charge is -2.07. The van der Waals surface area contributed by atoms with Crippen LogP contribution in [0.4, 0.5) is 0 Å². The summed E-state index contributed by atoms with van der Waals surface area (Å²) >= 11 is 0. The molecular formula is C16H15N3O2. The van der Waals surface area contributed by atoms with E-state index in [1.807, 2.05) is 30.3 Å². The summed E-state index contributed by atoms with van der Waals surface area (Å²) in [7, 11) is 0. The van der Waals surface area contributed by atoms with E-state index in [-0.39, 0.29) is 0 Å². The third-order valence-electron chi connectivity index (χ3n) is 3.83. The summed E-state index contributed by atoms with van der Waals surface area (Å²) < 4.78 is 10.8. The maximum Gasteiger partial charge on any atom is 0.280 e. The average molecular weight is 281 g/mol. The van der Waals surface area contributed by atoms with Gasteiger partial charge in [-0.15, -0.1) is 0 Å². The molecule has 1 aromatic carbocycles. The standard InChI is InChI=1S/C16H15N3O2/c1-2-6-11(7-3-1)10-14-17-16(21-18-14)15-12-8-4-5-9-13(12)20-19-15/h1-3,6-7H,4-5,8-10H2. The highest BCUT2D eigenvalue weighted by Crippen LogP contribution is 2.30. The zero-order valence-electron chi connectivity index (χ0n) is 11.6. The minimum atomic E-state index is 0.466. The van der Waals surface area contributed by atoms with Crippen molar-refractivity contribution in [3.05, 3.63) is 53.0 Å². The van der Waals surface area contributed by atoms with Crippen LogP contribution in [0.15, 0.2) is 39.4 Å². The zero-order chi connectivity index (χ0) is 14.1. The predicted octanol–water partition coefficient (Wildman–Crippen LogP) is 3.19. The van der Waals surface area contributed by atoms with E-state index in [1.165, 1.54) is 0 Å². The van der Waals surface area contributed by atoms with Crippen molar-refractivity contribution in [3.63, 3.8) is 0 Å². The molecule has 5 nitrogen and oxygen atoms in total. The van der Waals surface area contributed by atoms with Crippen LogP contribution in [0, 0.1) is 0 Å². The summed E-state index contributed by atoms with van der Waals surface area (Å²) in [5.41, 5.74) is 3.01. The molecule has 1 aliphatic rings. The molecule has 0 radical (unpaired) electrons. The lowest BCUT2D eigenvalue weighted by atomic mass is 9.96. The Morgan fingerprint density at radius 2 is 1.81 bits per heavy atom. The molecule has 0 unspecified atom stereocenters. The molecular weight excluding hydrogens is 266 g/mol. The van der Waals surface area contributed by atoms with E-state index in [4.69, 9.17) is 9.05 Å². The molecule has 2 heterocycles. The van der Waals surface area contributed by atoms with Crippen molar-refractivity contribution in [2.45, 2.75) is 32.1 Å². The Morgan fingerprint density at radius 1 is 0.952 bits per heavy atom. The Hall–Kier alpha value is -2.43. The van der Waals surface area contributed by atoms with E-state index in [2.05, 4.69) is 15.3 Å². The summed E-state index contributed by atoms with van der Waals surface area (Å²) in [6, 6.07) is 10.1. The van der Waals surface area contributed by atoms with Crippen LogP contribution in [-0.4, -0.2) is 15.3 Å². The minimum absolute atomic E-state index is 0.466. The van der Waals surface area contributed by atoms with E-state index < -0.39 is 0 Å². The van der Waals surface area contributed by atoms with E-state index in [0.717, 1.165) is 48.3 Å². The molecule has 0 atom stereocenters. The molecule has 2 aromatic heterocycles. The van der Waals surface area contributed by atoms with Gasteiger partial charge in [0.1, 0.15) is 5.76 Å². The first-order chi connectivity index (χ1) is 10.4. The van der Waals surface area contributed by atoms with Crippen LogP contribution < -0.4 is 0 Å². The minimum Gasteiger partial charge on any atom is -0.360 e. The zero-order valence-corrected chi connectivity index (χ0v) is 11.6. The molecule has 106 valence electrons. The van der Waals surface area contributed by atoms with E-state index in [0.29, 0.717) is 18.1 Å². The van der Waals surface area contributed by atoms with E-state index in [1.54, 1.807) is 0 Å². The van der Waals surface area contributed by atoms with Gasteiger partial charge >= 0.3 is 0 Å². The molecule has 0 aliphatic heterocycles. The van der Waals surface area contributed by atoms with Crippen LogP contribution in [0.25, 0.3) is 11.6 Å². The summed E-state index contributed by atoms with van der Waals surface area (Å²) in [6.45, 7) is 0. The molecule has 5 heteroatoms. The fraction of sp³-hybridized carbons (Fsp3) is 0.312. The van der Waals surface area contributed by atoms with Crippen molar-refractivity contribution in [2.24, 2.45) is 0 Å². The van der Waals surface area contributed by atoms with Crippen molar-refractivity contribution in [3.8, 4) is 11.6 Å². The van der Waals surface area contributed by atoms with Gasteiger partial charge in [-0.3, -0.25) is 0 Å². The average Bonchev–Trinajstić information content (AvgIpc) is 3.14. The highest BCUT2D eigenvalue weighted by molar-refractivity contribution is 5.54. The molecule has 4 rings (SSSR count). The second-order valence-corrected chi connectivity index (χ2v) is 5.32. The lowest BCUT2D eigenvalue weighted by Crippen LogP contribution is -2.00. The largest absolute Gasteiger partial charge is 0.360 e. The van der Waals surface area contributed by atoms with Crippen molar-refractivity contribution in [1.82, 2.24) is 15.3 Å². The van der Waals surface area contributed by atoms with Gasteiger partial charge in [0, 0.05) is 18.4 Å². The Kier molecular flexibility index (Phi) is 3.03. The number of nitrogens with zero attached hydrogens (tertiary/aromatic N) is 3. The van der Waals surface area contributed by atoms with Crippen molar-refractivity contribution < 1.29 is 9.05 Å². The number of benzene rings is 1. The SMILES string of the molecule is c1ccc(Cc2noc(-c3noc4c3CCCC4)n2)cc1. The lowest BCUT2D eigenvalue weighted by molar-refractivity contribution is 0.369. The fourth-order valence-corrected chi connectivity index (χ4v) is 2.75. The maximum absolute atomic E-state index is 5.39. The topological polar surface area (TPSA) is 65.0 Å². The molecule has 0 N–H and O–H groups in total. The Morgan fingerprint density at radius 3 is 2.71 bits per heavy atom. The number of aryl methyl sites for hydroxylation is 1. The Balaban J connectivity index is 1.61. The quantitative estimate of drug-likeness (QED) is 0.737. The van der Waals surface area contributed by atoms with Gasteiger partial charge in [-0.2, -0.15) is 4.98 Å². The van der Waals surface area contributed by atoms with E-state index in [9.17, 15) is 0 Å².